The second kappa shape index (κ2) is 6.64. The lowest BCUT2D eigenvalue weighted by molar-refractivity contribution is 0.0125. The fourth-order valence-corrected chi connectivity index (χ4v) is 2.84. The molecule has 0 amide bonds. The Hall–Kier alpha value is -0.450. The predicted octanol–water partition coefficient (Wildman–Crippen LogP) is 3.59. The average molecular weight is 316 g/mol. The van der Waals surface area contributed by atoms with Crippen LogP contribution >= 0.6 is 15.9 Å². The molecule has 2 nitrogen and oxygen atoms in total. The van der Waals surface area contributed by atoms with Crippen molar-refractivity contribution >= 4 is 15.9 Å². The highest BCUT2D eigenvalue weighted by Gasteiger charge is 2.19. The molecule has 1 aromatic rings. The first-order chi connectivity index (χ1) is 8.69. The average Bonchev–Trinajstić information content (AvgIpc) is 2.35. The molecular weight excluding hydrogens is 297 g/mol. The fourth-order valence-electron chi connectivity index (χ4n) is 2.36. The zero-order valence-corrected chi connectivity index (χ0v) is 12.2. The molecule has 0 unspecified atom stereocenters. The van der Waals surface area contributed by atoms with Gasteiger partial charge in [0.05, 0.1) is 6.10 Å². The Morgan fingerprint density at radius 3 is 2.72 bits per heavy atom. The summed E-state index contributed by atoms with van der Waals surface area (Å²) in [4.78, 5) is 2.40. The van der Waals surface area contributed by atoms with E-state index in [9.17, 15) is 4.39 Å². The van der Waals surface area contributed by atoms with Crippen molar-refractivity contribution in [3.63, 3.8) is 0 Å². The van der Waals surface area contributed by atoms with E-state index in [1.807, 2.05) is 13.0 Å². The van der Waals surface area contributed by atoms with Crippen LogP contribution in [0.25, 0.3) is 0 Å². The number of hydrogen-bond acceptors (Lipinski definition) is 2. The van der Waals surface area contributed by atoms with Crippen LogP contribution in [-0.4, -0.2) is 30.7 Å². The standard InChI is InChI=1S/C14H19BrFNO/c1-2-18-13-5-7-17(8-6-13)10-11-3-4-12(16)9-14(11)15/h3-4,9,13H,2,5-8,10H2,1H3. The summed E-state index contributed by atoms with van der Waals surface area (Å²) in [6, 6.07) is 4.91. The van der Waals surface area contributed by atoms with Gasteiger partial charge >= 0.3 is 0 Å². The number of piperidine rings is 1. The summed E-state index contributed by atoms with van der Waals surface area (Å²) >= 11 is 3.42. The number of rotatable bonds is 4. The Labute approximate surface area is 116 Å². The number of hydrogen-bond donors (Lipinski definition) is 0. The van der Waals surface area contributed by atoms with Crippen LogP contribution < -0.4 is 0 Å². The molecule has 0 spiro atoms. The van der Waals surface area contributed by atoms with Gasteiger partial charge in [-0.15, -0.1) is 0 Å². The Bertz CT molecular complexity index is 391. The Morgan fingerprint density at radius 2 is 2.11 bits per heavy atom. The first-order valence-corrected chi connectivity index (χ1v) is 7.26. The summed E-state index contributed by atoms with van der Waals surface area (Å²) in [5.41, 5.74) is 1.14. The van der Waals surface area contributed by atoms with Crippen molar-refractivity contribution in [1.29, 1.82) is 0 Å². The van der Waals surface area contributed by atoms with E-state index >= 15 is 0 Å². The van der Waals surface area contributed by atoms with Gasteiger partial charge in [-0.2, -0.15) is 0 Å². The monoisotopic (exact) mass is 315 g/mol. The van der Waals surface area contributed by atoms with E-state index in [0.717, 1.165) is 49.1 Å². The molecule has 4 heteroatoms. The van der Waals surface area contributed by atoms with Crippen LogP contribution in [0.15, 0.2) is 22.7 Å². The third-order valence-electron chi connectivity index (χ3n) is 3.35. The summed E-state index contributed by atoms with van der Waals surface area (Å²) in [6.45, 7) is 5.82. The Kier molecular flexibility index (Phi) is 5.15. The van der Waals surface area contributed by atoms with Crippen LogP contribution in [0.4, 0.5) is 4.39 Å². The van der Waals surface area contributed by atoms with Gasteiger partial charge in [0.25, 0.3) is 0 Å². The van der Waals surface area contributed by atoms with Crippen molar-refractivity contribution in [3.05, 3.63) is 34.1 Å². The van der Waals surface area contributed by atoms with Gasteiger partial charge in [0.2, 0.25) is 0 Å². The van der Waals surface area contributed by atoms with Crippen LogP contribution in [0.1, 0.15) is 25.3 Å². The van der Waals surface area contributed by atoms with E-state index in [-0.39, 0.29) is 5.82 Å². The largest absolute Gasteiger partial charge is 0.378 e. The minimum Gasteiger partial charge on any atom is -0.378 e. The molecule has 0 aromatic heterocycles. The van der Waals surface area contributed by atoms with Crippen molar-refractivity contribution in [2.45, 2.75) is 32.4 Å². The molecule has 0 atom stereocenters. The lowest BCUT2D eigenvalue weighted by atomic mass is 10.1. The van der Waals surface area contributed by atoms with E-state index in [1.54, 1.807) is 0 Å². The van der Waals surface area contributed by atoms with Gasteiger partial charge in [-0.3, -0.25) is 4.90 Å². The molecular formula is C14H19BrFNO. The maximum absolute atomic E-state index is 13.0. The second-order valence-corrected chi connectivity index (χ2v) is 5.52. The van der Waals surface area contributed by atoms with Gasteiger partial charge in [-0.25, -0.2) is 4.39 Å². The molecule has 100 valence electrons. The molecule has 18 heavy (non-hydrogen) atoms. The maximum Gasteiger partial charge on any atom is 0.124 e. The van der Waals surface area contributed by atoms with Crippen LogP contribution in [0.2, 0.25) is 0 Å². The molecule has 0 aliphatic carbocycles. The second-order valence-electron chi connectivity index (χ2n) is 4.67. The molecule has 1 heterocycles. The zero-order chi connectivity index (χ0) is 13.0. The van der Waals surface area contributed by atoms with E-state index in [0.29, 0.717) is 6.10 Å². The minimum atomic E-state index is -0.194. The number of ether oxygens (including phenoxy) is 1. The first kappa shape index (κ1) is 14.0. The van der Waals surface area contributed by atoms with E-state index in [4.69, 9.17) is 4.74 Å². The molecule has 1 aliphatic rings. The maximum atomic E-state index is 13.0. The van der Waals surface area contributed by atoms with Crippen LogP contribution in [0.3, 0.4) is 0 Å². The van der Waals surface area contributed by atoms with Crippen molar-refractivity contribution < 1.29 is 9.13 Å². The van der Waals surface area contributed by atoms with Crippen molar-refractivity contribution in [3.8, 4) is 0 Å². The lowest BCUT2D eigenvalue weighted by Gasteiger charge is -2.31. The SMILES string of the molecule is CCOC1CCN(Cc2ccc(F)cc2Br)CC1. The number of likely N-dealkylation sites (tertiary alicyclic amines) is 1. The van der Waals surface area contributed by atoms with E-state index in [1.165, 1.54) is 12.1 Å². The zero-order valence-electron chi connectivity index (χ0n) is 10.7. The predicted molar refractivity (Wildman–Crippen MR) is 74.0 cm³/mol. The topological polar surface area (TPSA) is 12.5 Å². The third kappa shape index (κ3) is 3.77. The van der Waals surface area contributed by atoms with E-state index in [2.05, 4.69) is 20.8 Å². The van der Waals surface area contributed by atoms with Crippen LogP contribution in [0, 0.1) is 5.82 Å². The molecule has 0 N–H and O–H groups in total. The molecule has 0 saturated carbocycles. The molecule has 1 fully saturated rings. The first-order valence-electron chi connectivity index (χ1n) is 6.47. The summed E-state index contributed by atoms with van der Waals surface area (Å²) < 4.78 is 19.5. The van der Waals surface area contributed by atoms with Crippen molar-refractivity contribution in [2.24, 2.45) is 0 Å². The number of halogens is 2. The quantitative estimate of drug-likeness (QED) is 0.842. The van der Waals surface area contributed by atoms with Gasteiger partial charge < -0.3 is 4.74 Å². The van der Waals surface area contributed by atoms with Crippen LogP contribution in [-0.2, 0) is 11.3 Å². The highest BCUT2D eigenvalue weighted by atomic mass is 79.9. The van der Waals surface area contributed by atoms with Gasteiger partial charge in [-0.05, 0) is 37.5 Å². The summed E-state index contributed by atoms with van der Waals surface area (Å²) in [5.74, 6) is -0.194. The fraction of sp³-hybridized carbons (Fsp3) is 0.571. The molecule has 0 radical (unpaired) electrons. The lowest BCUT2D eigenvalue weighted by Crippen LogP contribution is -2.36. The summed E-state index contributed by atoms with van der Waals surface area (Å²) in [6.07, 6.45) is 2.60. The summed E-state index contributed by atoms with van der Waals surface area (Å²) in [7, 11) is 0. The van der Waals surface area contributed by atoms with Gasteiger partial charge in [0.1, 0.15) is 5.82 Å². The molecule has 0 bridgehead atoms. The molecule has 1 aromatic carbocycles. The smallest absolute Gasteiger partial charge is 0.124 e. The van der Waals surface area contributed by atoms with Gasteiger partial charge in [0, 0.05) is 30.7 Å². The van der Waals surface area contributed by atoms with E-state index < -0.39 is 0 Å². The van der Waals surface area contributed by atoms with Crippen molar-refractivity contribution in [2.75, 3.05) is 19.7 Å². The highest BCUT2D eigenvalue weighted by molar-refractivity contribution is 9.10. The highest BCUT2D eigenvalue weighted by Crippen LogP contribution is 2.22. The summed E-state index contributed by atoms with van der Waals surface area (Å²) in [5, 5.41) is 0. The molecule has 2 rings (SSSR count). The van der Waals surface area contributed by atoms with Crippen molar-refractivity contribution in [1.82, 2.24) is 4.90 Å². The van der Waals surface area contributed by atoms with Gasteiger partial charge in [-0.1, -0.05) is 22.0 Å². The molecule has 1 saturated heterocycles. The Balaban J connectivity index is 1.87. The number of benzene rings is 1. The number of nitrogens with zero attached hydrogens (tertiary/aromatic N) is 1. The molecule has 1 aliphatic heterocycles. The normalized spacial score (nSPS) is 18.2. The van der Waals surface area contributed by atoms with Gasteiger partial charge in [0.15, 0.2) is 0 Å². The third-order valence-corrected chi connectivity index (χ3v) is 4.08. The van der Waals surface area contributed by atoms with Crippen LogP contribution in [0.5, 0.6) is 0 Å². The minimum absolute atomic E-state index is 0.194. The Morgan fingerprint density at radius 1 is 1.39 bits per heavy atom.